The number of hydrogen-bond acceptors (Lipinski definition) is 5. The summed E-state index contributed by atoms with van der Waals surface area (Å²) in [4.78, 5) is 23.6. The Bertz CT molecular complexity index is 762. The molecular weight excluding hydrogens is 284 g/mol. The van der Waals surface area contributed by atoms with Gasteiger partial charge in [-0.25, -0.2) is 0 Å². The average molecular weight is 302 g/mol. The summed E-state index contributed by atoms with van der Waals surface area (Å²) < 4.78 is 8.57. The van der Waals surface area contributed by atoms with Crippen LogP contribution in [0.15, 0.2) is 23.1 Å². The summed E-state index contributed by atoms with van der Waals surface area (Å²) in [6, 6.07) is 3.23. The van der Waals surface area contributed by atoms with Crippen molar-refractivity contribution < 1.29 is 9.53 Å². The molecule has 2 aromatic heterocycles. The number of aromatic nitrogens is 4. The highest BCUT2D eigenvalue weighted by Crippen LogP contribution is 2.30. The summed E-state index contributed by atoms with van der Waals surface area (Å²) in [6.45, 7) is 2.91. The van der Waals surface area contributed by atoms with Crippen LogP contribution >= 0.6 is 0 Å². The van der Waals surface area contributed by atoms with E-state index in [1.54, 1.807) is 26.2 Å². The molecule has 7 nitrogen and oxygen atoms in total. The quantitative estimate of drug-likeness (QED) is 0.793. The van der Waals surface area contributed by atoms with Crippen LogP contribution in [0.1, 0.15) is 31.5 Å². The molecule has 0 saturated heterocycles. The van der Waals surface area contributed by atoms with Crippen molar-refractivity contribution in [3.8, 4) is 11.4 Å². The molecule has 1 unspecified atom stereocenters. The van der Waals surface area contributed by atoms with Crippen molar-refractivity contribution in [1.82, 2.24) is 19.3 Å². The first kappa shape index (κ1) is 14.5. The fraction of sp³-hybridized carbons (Fsp3) is 0.467. The molecule has 0 radical (unpaired) electrons. The van der Waals surface area contributed by atoms with E-state index >= 15 is 0 Å². The molecule has 1 aliphatic heterocycles. The van der Waals surface area contributed by atoms with E-state index < -0.39 is 0 Å². The molecule has 0 aromatic carbocycles. The molecule has 0 N–H and O–H groups in total. The van der Waals surface area contributed by atoms with Crippen molar-refractivity contribution >= 4 is 5.97 Å². The molecule has 3 rings (SSSR count). The SMILES string of the molecule is CCOC(=O)C1CCCn2c(-c3ccc(=O)n(C)c3)nnc21. The molecule has 3 heterocycles. The van der Waals surface area contributed by atoms with E-state index in [1.165, 1.54) is 10.6 Å². The molecule has 0 aliphatic carbocycles. The number of hydrogen-bond donors (Lipinski definition) is 0. The second-order valence-electron chi connectivity index (χ2n) is 5.35. The van der Waals surface area contributed by atoms with Gasteiger partial charge in [0.2, 0.25) is 5.56 Å². The largest absolute Gasteiger partial charge is 0.465 e. The molecule has 0 saturated carbocycles. The second-order valence-corrected chi connectivity index (χ2v) is 5.35. The van der Waals surface area contributed by atoms with Crippen LogP contribution in [0.5, 0.6) is 0 Å². The zero-order chi connectivity index (χ0) is 15.7. The van der Waals surface area contributed by atoms with Crippen molar-refractivity contribution in [3.63, 3.8) is 0 Å². The Hall–Kier alpha value is -2.44. The van der Waals surface area contributed by atoms with Crippen molar-refractivity contribution in [2.24, 2.45) is 7.05 Å². The van der Waals surface area contributed by atoms with Crippen LogP contribution in [0.2, 0.25) is 0 Å². The molecule has 1 aliphatic rings. The minimum absolute atomic E-state index is 0.0773. The highest BCUT2D eigenvalue weighted by molar-refractivity contribution is 5.77. The summed E-state index contributed by atoms with van der Waals surface area (Å²) in [5, 5.41) is 8.42. The first-order chi connectivity index (χ1) is 10.6. The fourth-order valence-corrected chi connectivity index (χ4v) is 2.78. The summed E-state index contributed by atoms with van der Waals surface area (Å²) >= 11 is 0. The third-order valence-corrected chi connectivity index (χ3v) is 3.88. The van der Waals surface area contributed by atoms with Gasteiger partial charge in [0, 0.05) is 31.4 Å². The van der Waals surface area contributed by atoms with E-state index in [1.807, 2.05) is 4.57 Å². The molecule has 0 fully saturated rings. The monoisotopic (exact) mass is 302 g/mol. The number of aryl methyl sites for hydroxylation is 1. The predicted octanol–water partition coefficient (Wildman–Crippen LogP) is 1.08. The van der Waals surface area contributed by atoms with E-state index in [4.69, 9.17) is 4.74 Å². The standard InChI is InChI=1S/C15H18N4O3/c1-3-22-15(21)11-5-4-8-19-13(16-17-14(11)19)10-6-7-12(20)18(2)9-10/h6-7,9,11H,3-5,8H2,1-2H3. The van der Waals surface area contributed by atoms with Crippen molar-refractivity contribution in [1.29, 1.82) is 0 Å². The minimum atomic E-state index is -0.359. The van der Waals surface area contributed by atoms with Crippen LogP contribution in [0.4, 0.5) is 0 Å². The zero-order valence-electron chi connectivity index (χ0n) is 12.7. The van der Waals surface area contributed by atoms with Gasteiger partial charge < -0.3 is 13.9 Å². The lowest BCUT2D eigenvalue weighted by Crippen LogP contribution is -2.25. The van der Waals surface area contributed by atoms with Gasteiger partial charge in [-0.3, -0.25) is 9.59 Å². The van der Waals surface area contributed by atoms with E-state index in [0.29, 0.717) is 18.3 Å². The second kappa shape index (κ2) is 5.75. The van der Waals surface area contributed by atoms with Gasteiger partial charge in [-0.15, -0.1) is 10.2 Å². The van der Waals surface area contributed by atoms with E-state index in [2.05, 4.69) is 10.2 Å². The Kier molecular flexibility index (Phi) is 3.79. The molecule has 0 bridgehead atoms. The molecule has 0 amide bonds. The molecule has 116 valence electrons. The molecule has 1 atom stereocenters. The number of fused-ring (bicyclic) bond motifs is 1. The minimum Gasteiger partial charge on any atom is -0.465 e. The maximum Gasteiger partial charge on any atom is 0.316 e. The normalized spacial score (nSPS) is 17.1. The number of nitrogens with zero attached hydrogens (tertiary/aromatic N) is 4. The number of rotatable bonds is 3. The molecule has 7 heteroatoms. The Balaban J connectivity index is 2.01. The average Bonchev–Trinajstić information content (AvgIpc) is 2.94. The highest BCUT2D eigenvalue weighted by Gasteiger charge is 2.32. The van der Waals surface area contributed by atoms with Gasteiger partial charge in [0.05, 0.1) is 6.61 Å². The molecule has 22 heavy (non-hydrogen) atoms. The first-order valence-corrected chi connectivity index (χ1v) is 7.38. The van der Waals surface area contributed by atoms with Crippen molar-refractivity contribution in [3.05, 3.63) is 34.5 Å². The Morgan fingerprint density at radius 1 is 1.41 bits per heavy atom. The Morgan fingerprint density at radius 2 is 2.23 bits per heavy atom. The summed E-state index contributed by atoms with van der Waals surface area (Å²) in [5.74, 6) is 0.721. The van der Waals surface area contributed by atoms with Gasteiger partial charge >= 0.3 is 5.97 Å². The Labute approximate surface area is 127 Å². The third kappa shape index (κ3) is 2.43. The van der Waals surface area contributed by atoms with Crippen LogP contribution in [-0.2, 0) is 23.1 Å². The molecule has 2 aromatic rings. The van der Waals surface area contributed by atoms with Crippen LogP contribution in [0.3, 0.4) is 0 Å². The molecule has 0 spiro atoms. The topological polar surface area (TPSA) is 79.0 Å². The van der Waals surface area contributed by atoms with Gasteiger partial charge in [-0.05, 0) is 25.8 Å². The third-order valence-electron chi connectivity index (χ3n) is 3.88. The van der Waals surface area contributed by atoms with Crippen molar-refractivity contribution in [2.45, 2.75) is 32.2 Å². The Morgan fingerprint density at radius 3 is 2.95 bits per heavy atom. The number of pyridine rings is 1. The smallest absolute Gasteiger partial charge is 0.316 e. The van der Waals surface area contributed by atoms with Crippen molar-refractivity contribution in [2.75, 3.05) is 6.61 Å². The van der Waals surface area contributed by atoms with E-state index in [-0.39, 0.29) is 17.4 Å². The van der Waals surface area contributed by atoms with Crippen LogP contribution in [0, 0.1) is 0 Å². The lowest BCUT2D eigenvalue weighted by Gasteiger charge is -2.22. The number of carbonyl (C=O) groups excluding carboxylic acids is 1. The van der Waals surface area contributed by atoms with Gasteiger partial charge in [0.25, 0.3) is 0 Å². The number of carbonyl (C=O) groups is 1. The van der Waals surface area contributed by atoms with Gasteiger partial charge in [0.15, 0.2) is 5.82 Å². The summed E-state index contributed by atoms with van der Waals surface area (Å²) in [7, 11) is 1.70. The van der Waals surface area contributed by atoms with Crippen LogP contribution in [-0.4, -0.2) is 31.9 Å². The van der Waals surface area contributed by atoms with Crippen LogP contribution in [0.25, 0.3) is 11.4 Å². The van der Waals surface area contributed by atoms with Gasteiger partial charge in [-0.1, -0.05) is 0 Å². The van der Waals surface area contributed by atoms with Gasteiger partial charge in [-0.2, -0.15) is 0 Å². The maximum absolute atomic E-state index is 12.1. The summed E-state index contributed by atoms with van der Waals surface area (Å²) in [5.41, 5.74) is 0.733. The maximum atomic E-state index is 12.1. The van der Waals surface area contributed by atoms with Gasteiger partial charge in [0.1, 0.15) is 11.7 Å². The highest BCUT2D eigenvalue weighted by atomic mass is 16.5. The zero-order valence-corrected chi connectivity index (χ0v) is 12.7. The summed E-state index contributed by atoms with van der Waals surface area (Å²) in [6.07, 6.45) is 3.32. The number of esters is 1. The predicted molar refractivity (Wildman–Crippen MR) is 79.3 cm³/mol. The lowest BCUT2D eigenvalue weighted by atomic mass is 9.99. The van der Waals surface area contributed by atoms with E-state index in [9.17, 15) is 9.59 Å². The van der Waals surface area contributed by atoms with E-state index in [0.717, 1.165) is 24.9 Å². The fourth-order valence-electron chi connectivity index (χ4n) is 2.78. The molecular formula is C15H18N4O3. The van der Waals surface area contributed by atoms with Crippen LogP contribution < -0.4 is 5.56 Å². The lowest BCUT2D eigenvalue weighted by molar-refractivity contribution is -0.145. The first-order valence-electron chi connectivity index (χ1n) is 7.38. The number of ether oxygens (including phenoxy) is 1.